The maximum atomic E-state index is 13.2. The summed E-state index contributed by atoms with van der Waals surface area (Å²) >= 11 is 0. The summed E-state index contributed by atoms with van der Waals surface area (Å²) in [5.41, 5.74) is 0.159. The summed E-state index contributed by atoms with van der Waals surface area (Å²) in [6.45, 7) is 4.57. The second kappa shape index (κ2) is 10.6. The molecule has 32 heavy (non-hydrogen) atoms. The number of likely N-dealkylation sites (N-methyl/N-ethyl adjacent to an activating group) is 1. The summed E-state index contributed by atoms with van der Waals surface area (Å²) in [7, 11) is 0. The zero-order valence-corrected chi connectivity index (χ0v) is 18.4. The molecule has 0 saturated carbocycles. The van der Waals surface area contributed by atoms with Crippen molar-refractivity contribution >= 4 is 24.3 Å². The number of likely N-dealkylation sites (tertiary alicyclic amines) is 1. The Labute approximate surface area is 187 Å². The van der Waals surface area contributed by atoms with Crippen LogP contribution in [0.15, 0.2) is 30.3 Å². The van der Waals surface area contributed by atoms with Gasteiger partial charge in [-0.05, 0) is 38.2 Å². The van der Waals surface area contributed by atoms with Gasteiger partial charge in [-0.15, -0.1) is 0 Å². The monoisotopic (exact) mass is 445 g/mol. The van der Waals surface area contributed by atoms with Crippen LogP contribution in [0, 0.1) is 5.92 Å². The molecule has 1 atom stereocenters. The van der Waals surface area contributed by atoms with Gasteiger partial charge in [-0.3, -0.25) is 19.3 Å². The van der Waals surface area contributed by atoms with Gasteiger partial charge in [0.25, 0.3) is 12.4 Å². The number of carbonyl (C=O) groups is 4. The molecule has 1 unspecified atom stereocenters. The third kappa shape index (κ3) is 4.62. The van der Waals surface area contributed by atoms with E-state index in [9.17, 15) is 14.4 Å². The number of carboxylic acid groups (broad SMARTS) is 1. The number of ether oxygens (including phenoxy) is 1. The minimum absolute atomic E-state index is 0.0775. The quantitative estimate of drug-likeness (QED) is 0.561. The van der Waals surface area contributed by atoms with Crippen LogP contribution in [0.25, 0.3) is 0 Å². The molecule has 1 N–H and O–H groups in total. The Kier molecular flexibility index (Phi) is 7.84. The number of urea groups is 1. The Morgan fingerprint density at radius 3 is 2.44 bits per heavy atom. The molecule has 9 heteroatoms. The third-order valence-electron chi connectivity index (χ3n) is 6.53. The predicted octanol–water partition coefficient (Wildman–Crippen LogP) is 1.96. The van der Waals surface area contributed by atoms with Crippen molar-refractivity contribution in [2.45, 2.75) is 44.7 Å². The molecule has 4 rings (SSSR count). The molecule has 0 radical (unpaired) electrons. The molecule has 3 heterocycles. The molecule has 4 amide bonds. The maximum absolute atomic E-state index is 13.2. The normalized spacial score (nSPS) is 22.5. The summed E-state index contributed by atoms with van der Waals surface area (Å²) in [6, 6.07) is 9.55. The van der Waals surface area contributed by atoms with Gasteiger partial charge in [0.2, 0.25) is 5.91 Å². The van der Waals surface area contributed by atoms with Crippen LogP contribution in [0.1, 0.15) is 38.2 Å². The number of carbonyl (C=O) groups excluding carboxylic acids is 3. The number of piperidine rings is 1. The van der Waals surface area contributed by atoms with Crippen LogP contribution in [-0.2, 0) is 25.7 Å². The zero-order chi connectivity index (χ0) is 23.1. The van der Waals surface area contributed by atoms with Crippen molar-refractivity contribution in [1.29, 1.82) is 0 Å². The van der Waals surface area contributed by atoms with Crippen molar-refractivity contribution in [3.8, 4) is 0 Å². The van der Waals surface area contributed by atoms with Crippen molar-refractivity contribution in [3.63, 3.8) is 0 Å². The van der Waals surface area contributed by atoms with Crippen LogP contribution < -0.4 is 0 Å². The van der Waals surface area contributed by atoms with Crippen molar-refractivity contribution < 1.29 is 29.0 Å². The fourth-order valence-corrected chi connectivity index (χ4v) is 4.82. The highest BCUT2D eigenvalue weighted by molar-refractivity contribution is 6.07. The molecule has 3 fully saturated rings. The Hall–Kier alpha value is -2.94. The average Bonchev–Trinajstić information content (AvgIpc) is 3.01. The highest BCUT2D eigenvalue weighted by Crippen LogP contribution is 2.38. The molecular formula is C23H31N3O6. The molecule has 1 aromatic carbocycles. The minimum Gasteiger partial charge on any atom is -0.483 e. The zero-order valence-electron chi connectivity index (χ0n) is 18.4. The lowest BCUT2D eigenvalue weighted by Crippen LogP contribution is -2.58. The SMILES string of the molecule is CCN1C(=O)N(Cc2ccccc2)C2(CCN(C(=O)C3CCCOC3)CC2)C1=O.O=CO. The van der Waals surface area contributed by atoms with Gasteiger partial charge in [-0.25, -0.2) is 4.79 Å². The molecule has 174 valence electrons. The van der Waals surface area contributed by atoms with E-state index in [1.807, 2.05) is 42.2 Å². The average molecular weight is 446 g/mol. The largest absolute Gasteiger partial charge is 0.483 e. The van der Waals surface area contributed by atoms with Crippen LogP contribution in [0.5, 0.6) is 0 Å². The minimum atomic E-state index is -0.844. The number of amides is 4. The van der Waals surface area contributed by atoms with Gasteiger partial charge in [-0.2, -0.15) is 0 Å². The lowest BCUT2D eigenvalue weighted by atomic mass is 9.84. The van der Waals surface area contributed by atoms with Gasteiger partial charge >= 0.3 is 6.03 Å². The Bertz CT molecular complexity index is 816. The Balaban J connectivity index is 0.000000913. The summed E-state index contributed by atoms with van der Waals surface area (Å²) in [4.78, 5) is 52.4. The van der Waals surface area contributed by atoms with Crippen molar-refractivity contribution in [3.05, 3.63) is 35.9 Å². The van der Waals surface area contributed by atoms with Gasteiger partial charge in [0.05, 0.1) is 12.5 Å². The first-order chi connectivity index (χ1) is 15.5. The van der Waals surface area contributed by atoms with Gasteiger partial charge in [0, 0.05) is 32.8 Å². The van der Waals surface area contributed by atoms with Gasteiger partial charge in [0.1, 0.15) is 5.54 Å². The maximum Gasteiger partial charge on any atom is 0.327 e. The molecule has 1 aromatic rings. The summed E-state index contributed by atoms with van der Waals surface area (Å²) in [5.74, 6) is -0.0708. The van der Waals surface area contributed by atoms with Gasteiger partial charge < -0.3 is 19.6 Å². The lowest BCUT2D eigenvalue weighted by Gasteiger charge is -2.43. The third-order valence-corrected chi connectivity index (χ3v) is 6.53. The molecule has 0 aliphatic carbocycles. The first-order valence-electron chi connectivity index (χ1n) is 11.1. The molecule has 0 bridgehead atoms. The Morgan fingerprint density at radius 1 is 1.22 bits per heavy atom. The first-order valence-corrected chi connectivity index (χ1v) is 11.1. The van der Waals surface area contributed by atoms with Crippen molar-refractivity contribution in [2.24, 2.45) is 5.92 Å². The molecule has 3 saturated heterocycles. The van der Waals surface area contributed by atoms with Crippen molar-refractivity contribution in [2.75, 3.05) is 32.8 Å². The van der Waals surface area contributed by atoms with E-state index in [4.69, 9.17) is 14.6 Å². The van der Waals surface area contributed by atoms with E-state index in [0.717, 1.165) is 25.0 Å². The van der Waals surface area contributed by atoms with Gasteiger partial charge in [0.15, 0.2) is 0 Å². The fraction of sp³-hybridized carbons (Fsp3) is 0.565. The number of nitrogens with zero attached hydrogens (tertiary/aromatic N) is 3. The molecule has 1 spiro atoms. The number of hydrogen-bond donors (Lipinski definition) is 1. The summed E-state index contributed by atoms with van der Waals surface area (Å²) < 4.78 is 5.47. The smallest absolute Gasteiger partial charge is 0.327 e. The fourth-order valence-electron chi connectivity index (χ4n) is 4.82. The standard InChI is InChI=1S/C22H29N3O4.CH2O2/c1-2-24-20(27)22(25(21(24)28)15-17-7-4-3-5-8-17)10-12-23(13-11-22)19(26)18-9-6-14-29-16-18;2-1-3/h3-5,7-8,18H,2,6,9-16H2,1H3;1H,(H,2,3). The second-order valence-corrected chi connectivity index (χ2v) is 8.28. The lowest BCUT2D eigenvalue weighted by molar-refractivity contribution is -0.146. The van der Waals surface area contributed by atoms with E-state index in [1.54, 1.807) is 4.90 Å². The molecule has 3 aliphatic rings. The molecule has 0 aromatic heterocycles. The van der Waals surface area contributed by atoms with E-state index in [1.165, 1.54) is 4.90 Å². The van der Waals surface area contributed by atoms with E-state index in [2.05, 4.69) is 0 Å². The topological polar surface area (TPSA) is 107 Å². The number of rotatable bonds is 4. The second-order valence-electron chi connectivity index (χ2n) is 8.28. The molecular weight excluding hydrogens is 414 g/mol. The van der Waals surface area contributed by atoms with E-state index < -0.39 is 5.54 Å². The molecule has 9 nitrogen and oxygen atoms in total. The summed E-state index contributed by atoms with van der Waals surface area (Å²) in [6.07, 6.45) is 2.75. The van der Waals surface area contributed by atoms with Crippen LogP contribution in [0.3, 0.4) is 0 Å². The van der Waals surface area contributed by atoms with E-state index >= 15 is 0 Å². The highest BCUT2D eigenvalue weighted by atomic mass is 16.5. The number of imide groups is 1. The van der Waals surface area contributed by atoms with E-state index in [-0.39, 0.29) is 30.2 Å². The summed E-state index contributed by atoms with van der Waals surface area (Å²) in [5, 5.41) is 6.89. The first kappa shape index (κ1) is 23.7. The van der Waals surface area contributed by atoms with Crippen molar-refractivity contribution in [1.82, 2.24) is 14.7 Å². The van der Waals surface area contributed by atoms with Crippen LogP contribution >= 0.6 is 0 Å². The highest BCUT2D eigenvalue weighted by Gasteiger charge is 2.57. The Morgan fingerprint density at radius 2 is 1.88 bits per heavy atom. The number of hydrogen-bond acceptors (Lipinski definition) is 5. The van der Waals surface area contributed by atoms with Gasteiger partial charge in [-0.1, -0.05) is 30.3 Å². The predicted molar refractivity (Wildman–Crippen MR) is 116 cm³/mol. The van der Waals surface area contributed by atoms with Crippen LogP contribution in [-0.4, -0.2) is 82.5 Å². The molecule has 3 aliphatic heterocycles. The van der Waals surface area contributed by atoms with E-state index in [0.29, 0.717) is 45.6 Å². The van der Waals surface area contributed by atoms with Crippen LogP contribution in [0.2, 0.25) is 0 Å². The van der Waals surface area contributed by atoms with Crippen LogP contribution in [0.4, 0.5) is 4.79 Å². The number of benzene rings is 1.